The number of amides is 1. The van der Waals surface area contributed by atoms with E-state index in [1.165, 1.54) is 0 Å². The fraction of sp³-hybridized carbons (Fsp3) is 0.417. The maximum Gasteiger partial charge on any atom is 0.248 e. The molecule has 1 saturated carbocycles. The molecular weight excluding hydrogens is 202 g/mol. The van der Waals surface area contributed by atoms with E-state index in [2.05, 4.69) is 12.2 Å². The van der Waals surface area contributed by atoms with Crippen LogP contribution >= 0.6 is 0 Å². The van der Waals surface area contributed by atoms with E-state index in [9.17, 15) is 4.79 Å². The number of anilines is 2. The van der Waals surface area contributed by atoms with E-state index in [0.717, 1.165) is 24.4 Å². The molecule has 1 aliphatic carbocycles. The van der Waals surface area contributed by atoms with E-state index in [1.807, 2.05) is 0 Å². The lowest BCUT2D eigenvalue weighted by Gasteiger charge is -2.34. The summed E-state index contributed by atoms with van der Waals surface area (Å²) < 4.78 is 0. The zero-order valence-electron chi connectivity index (χ0n) is 9.36. The molecule has 1 aliphatic rings. The largest absolute Gasteiger partial charge is 0.397 e. The maximum absolute atomic E-state index is 11.0. The highest BCUT2D eigenvalue weighted by molar-refractivity contribution is 5.94. The van der Waals surface area contributed by atoms with Crippen LogP contribution in [-0.4, -0.2) is 11.9 Å². The summed E-state index contributed by atoms with van der Waals surface area (Å²) in [5, 5.41) is 3.34. The Bertz CT molecular complexity index is 411. The highest BCUT2D eigenvalue weighted by atomic mass is 16.1. The van der Waals surface area contributed by atoms with Crippen molar-refractivity contribution < 1.29 is 4.79 Å². The van der Waals surface area contributed by atoms with Crippen molar-refractivity contribution in [2.75, 3.05) is 11.1 Å². The normalized spacial score (nSPS) is 23.6. The number of benzene rings is 1. The van der Waals surface area contributed by atoms with Crippen LogP contribution in [0.25, 0.3) is 0 Å². The number of nitrogens with one attached hydrogen (secondary N) is 1. The summed E-state index contributed by atoms with van der Waals surface area (Å²) in [6, 6.07) is 5.55. The number of hydrogen-bond donors (Lipinski definition) is 3. The third kappa shape index (κ3) is 2.10. The molecule has 1 fully saturated rings. The van der Waals surface area contributed by atoms with Gasteiger partial charge in [0.25, 0.3) is 0 Å². The van der Waals surface area contributed by atoms with E-state index in [0.29, 0.717) is 17.3 Å². The fourth-order valence-corrected chi connectivity index (χ4v) is 2.07. The second-order valence-corrected chi connectivity index (χ2v) is 4.58. The van der Waals surface area contributed by atoms with Crippen molar-refractivity contribution in [3.05, 3.63) is 23.8 Å². The minimum Gasteiger partial charge on any atom is -0.397 e. The minimum absolute atomic E-state index is 0.426. The van der Waals surface area contributed by atoms with Gasteiger partial charge in [0, 0.05) is 11.6 Å². The Hall–Kier alpha value is -1.71. The van der Waals surface area contributed by atoms with Gasteiger partial charge in [-0.1, -0.05) is 6.92 Å². The van der Waals surface area contributed by atoms with E-state index in [1.54, 1.807) is 18.2 Å². The lowest BCUT2D eigenvalue weighted by molar-refractivity contribution is 0.100. The van der Waals surface area contributed by atoms with Gasteiger partial charge in [0.1, 0.15) is 0 Å². The van der Waals surface area contributed by atoms with Gasteiger partial charge in [0.2, 0.25) is 5.91 Å². The second-order valence-electron chi connectivity index (χ2n) is 4.58. The van der Waals surface area contributed by atoms with Crippen molar-refractivity contribution in [3.8, 4) is 0 Å². The van der Waals surface area contributed by atoms with Crippen LogP contribution in [0, 0.1) is 5.92 Å². The van der Waals surface area contributed by atoms with Crippen LogP contribution in [0.4, 0.5) is 11.4 Å². The van der Waals surface area contributed by atoms with Gasteiger partial charge in [-0.05, 0) is 37.0 Å². The number of nitrogens with two attached hydrogens (primary N) is 2. The molecule has 0 radical (unpaired) electrons. The first-order valence-corrected chi connectivity index (χ1v) is 5.52. The summed E-state index contributed by atoms with van der Waals surface area (Å²) in [7, 11) is 0. The maximum atomic E-state index is 11.0. The first-order chi connectivity index (χ1) is 7.56. The Balaban J connectivity index is 2.12. The summed E-state index contributed by atoms with van der Waals surface area (Å²) in [5.41, 5.74) is 13.0. The van der Waals surface area contributed by atoms with Gasteiger partial charge in [0.05, 0.1) is 11.4 Å². The Morgan fingerprint density at radius 2 is 2.12 bits per heavy atom. The second kappa shape index (κ2) is 4.04. The van der Waals surface area contributed by atoms with Crippen molar-refractivity contribution in [1.29, 1.82) is 0 Å². The zero-order chi connectivity index (χ0) is 11.7. The van der Waals surface area contributed by atoms with Crippen LogP contribution in [-0.2, 0) is 0 Å². The quantitative estimate of drug-likeness (QED) is 0.675. The van der Waals surface area contributed by atoms with Crippen LogP contribution in [0.1, 0.15) is 30.1 Å². The monoisotopic (exact) mass is 219 g/mol. The smallest absolute Gasteiger partial charge is 0.248 e. The number of nitrogen functional groups attached to an aromatic ring is 1. The highest BCUT2D eigenvalue weighted by Gasteiger charge is 2.25. The SMILES string of the molecule is CC1CC(Nc2cc(C(N)=O)ccc2N)C1. The van der Waals surface area contributed by atoms with Crippen molar-refractivity contribution in [2.24, 2.45) is 11.7 Å². The predicted molar refractivity (Wildman–Crippen MR) is 65.2 cm³/mol. The number of hydrogen-bond acceptors (Lipinski definition) is 3. The van der Waals surface area contributed by atoms with E-state index in [-0.39, 0.29) is 0 Å². The van der Waals surface area contributed by atoms with Crippen LogP contribution in [0.2, 0.25) is 0 Å². The Morgan fingerprint density at radius 3 is 2.69 bits per heavy atom. The number of carbonyl (C=O) groups excluding carboxylic acids is 1. The Labute approximate surface area is 95.0 Å². The molecule has 86 valence electrons. The first-order valence-electron chi connectivity index (χ1n) is 5.52. The average molecular weight is 219 g/mol. The van der Waals surface area contributed by atoms with Crippen LogP contribution in [0.3, 0.4) is 0 Å². The molecule has 0 aromatic heterocycles. The predicted octanol–water partition coefficient (Wildman–Crippen LogP) is 1.58. The molecule has 0 heterocycles. The highest BCUT2D eigenvalue weighted by Crippen LogP contribution is 2.31. The van der Waals surface area contributed by atoms with Crippen LogP contribution in [0.5, 0.6) is 0 Å². The van der Waals surface area contributed by atoms with Gasteiger partial charge >= 0.3 is 0 Å². The fourth-order valence-electron chi connectivity index (χ4n) is 2.07. The molecule has 1 aromatic carbocycles. The molecule has 0 spiro atoms. The molecule has 4 nitrogen and oxygen atoms in total. The third-order valence-corrected chi connectivity index (χ3v) is 3.07. The molecule has 0 bridgehead atoms. The molecular formula is C12H17N3O. The number of primary amides is 1. The van der Waals surface area contributed by atoms with E-state index < -0.39 is 5.91 Å². The molecule has 5 N–H and O–H groups in total. The van der Waals surface area contributed by atoms with Crippen molar-refractivity contribution >= 4 is 17.3 Å². The van der Waals surface area contributed by atoms with E-state index >= 15 is 0 Å². The van der Waals surface area contributed by atoms with Gasteiger partial charge < -0.3 is 16.8 Å². The van der Waals surface area contributed by atoms with Gasteiger partial charge in [-0.3, -0.25) is 4.79 Å². The molecule has 0 atom stereocenters. The molecule has 0 saturated heterocycles. The summed E-state index contributed by atoms with van der Waals surface area (Å²) >= 11 is 0. The molecule has 1 amide bonds. The minimum atomic E-state index is -0.426. The van der Waals surface area contributed by atoms with Gasteiger partial charge in [-0.15, -0.1) is 0 Å². The van der Waals surface area contributed by atoms with Gasteiger partial charge in [0.15, 0.2) is 0 Å². The van der Waals surface area contributed by atoms with E-state index in [4.69, 9.17) is 11.5 Å². The summed E-state index contributed by atoms with van der Waals surface area (Å²) in [4.78, 5) is 11.0. The summed E-state index contributed by atoms with van der Waals surface area (Å²) in [5.74, 6) is 0.350. The Kier molecular flexibility index (Phi) is 2.73. The summed E-state index contributed by atoms with van der Waals surface area (Å²) in [6.45, 7) is 2.22. The molecule has 16 heavy (non-hydrogen) atoms. The number of rotatable bonds is 3. The number of carbonyl (C=O) groups is 1. The van der Waals surface area contributed by atoms with Crippen molar-refractivity contribution in [1.82, 2.24) is 0 Å². The topological polar surface area (TPSA) is 81.1 Å². The third-order valence-electron chi connectivity index (χ3n) is 3.07. The molecule has 2 rings (SSSR count). The summed E-state index contributed by atoms with van der Waals surface area (Å²) in [6.07, 6.45) is 2.31. The molecule has 0 aliphatic heterocycles. The molecule has 0 unspecified atom stereocenters. The zero-order valence-corrected chi connectivity index (χ0v) is 9.36. The standard InChI is InChI=1S/C12H17N3O/c1-7-4-9(5-7)15-11-6-8(12(14)16)2-3-10(11)13/h2-3,6-7,9,15H,4-5,13H2,1H3,(H2,14,16). The Morgan fingerprint density at radius 1 is 1.44 bits per heavy atom. The first kappa shape index (κ1) is 10.8. The van der Waals surface area contributed by atoms with Crippen molar-refractivity contribution in [2.45, 2.75) is 25.8 Å². The van der Waals surface area contributed by atoms with Gasteiger partial charge in [-0.25, -0.2) is 0 Å². The van der Waals surface area contributed by atoms with Crippen molar-refractivity contribution in [3.63, 3.8) is 0 Å². The lowest BCUT2D eigenvalue weighted by Crippen LogP contribution is -2.34. The lowest BCUT2D eigenvalue weighted by atomic mass is 9.82. The van der Waals surface area contributed by atoms with Crippen LogP contribution < -0.4 is 16.8 Å². The molecule has 1 aromatic rings. The molecule has 4 heteroatoms. The van der Waals surface area contributed by atoms with Gasteiger partial charge in [-0.2, -0.15) is 0 Å². The average Bonchev–Trinajstić information content (AvgIpc) is 2.18. The van der Waals surface area contributed by atoms with Crippen LogP contribution in [0.15, 0.2) is 18.2 Å².